The molecular weight excluding hydrogens is 508 g/mol. The van der Waals surface area contributed by atoms with Crippen LogP contribution in [0.4, 0.5) is 0 Å². The van der Waals surface area contributed by atoms with Gasteiger partial charge in [-0.25, -0.2) is 4.98 Å². The Morgan fingerprint density at radius 1 is 1.05 bits per heavy atom. The molecule has 1 amide bonds. The van der Waals surface area contributed by atoms with Gasteiger partial charge in [-0.15, -0.1) is 0 Å². The molecule has 3 aromatic rings. The smallest absolute Gasteiger partial charge is 0.295 e. The van der Waals surface area contributed by atoms with Crippen molar-refractivity contribution in [3.8, 4) is 5.75 Å². The standard InChI is InChI=1S/C31H38N4O5/c1-3-4-7-19-40-24-12-10-23(11-13-24)28-26(29(36)27-22(2)32-25-9-5-6-15-34(25)27)30(37)31(38)35(28)16-8-14-33-17-20-39-21-18-33/h5-6,9-13,15,28,36H,3-4,7-8,14,16-21H2,1-2H3. The Balaban J connectivity index is 1.48. The number of aliphatic hydroxyl groups excluding tert-OH is 1. The minimum atomic E-state index is -0.715. The maximum atomic E-state index is 13.5. The number of rotatable bonds is 11. The van der Waals surface area contributed by atoms with Crippen LogP contribution in [0.5, 0.6) is 5.75 Å². The lowest BCUT2D eigenvalue weighted by atomic mass is 9.96. The molecule has 4 heterocycles. The van der Waals surface area contributed by atoms with Gasteiger partial charge in [-0.2, -0.15) is 0 Å². The summed E-state index contributed by atoms with van der Waals surface area (Å²) < 4.78 is 13.1. The molecule has 2 aliphatic heterocycles. The van der Waals surface area contributed by atoms with Gasteiger partial charge in [0.15, 0.2) is 5.76 Å². The fraction of sp³-hybridized carbons (Fsp3) is 0.452. The van der Waals surface area contributed by atoms with Crippen molar-refractivity contribution in [3.05, 3.63) is 71.2 Å². The molecule has 1 unspecified atom stereocenters. The number of nitrogens with zero attached hydrogens (tertiary/aromatic N) is 4. The summed E-state index contributed by atoms with van der Waals surface area (Å²) in [5.41, 5.74) is 2.49. The normalized spacial score (nSPS) is 19.6. The number of benzene rings is 1. The van der Waals surface area contributed by atoms with Gasteiger partial charge in [-0.3, -0.25) is 18.9 Å². The zero-order chi connectivity index (χ0) is 28.1. The van der Waals surface area contributed by atoms with Gasteiger partial charge in [-0.05, 0) is 49.6 Å². The Labute approximate surface area is 235 Å². The van der Waals surface area contributed by atoms with Crippen molar-refractivity contribution in [1.29, 1.82) is 0 Å². The van der Waals surface area contributed by atoms with Crippen LogP contribution in [0.15, 0.2) is 54.2 Å². The number of amides is 1. The van der Waals surface area contributed by atoms with Crippen molar-refractivity contribution in [2.75, 3.05) is 46.0 Å². The number of carbonyl (C=O) groups excluding carboxylic acids is 2. The number of aromatic nitrogens is 2. The number of fused-ring (bicyclic) bond motifs is 1. The molecule has 1 N–H and O–H groups in total. The van der Waals surface area contributed by atoms with Crippen LogP contribution < -0.4 is 4.74 Å². The Hall–Kier alpha value is -3.69. The summed E-state index contributed by atoms with van der Waals surface area (Å²) in [6.07, 6.45) is 5.72. The molecule has 2 fully saturated rings. The lowest BCUT2D eigenvalue weighted by Gasteiger charge is -2.29. The van der Waals surface area contributed by atoms with E-state index in [9.17, 15) is 14.7 Å². The summed E-state index contributed by atoms with van der Waals surface area (Å²) in [6.45, 7) is 8.90. The van der Waals surface area contributed by atoms with E-state index in [2.05, 4.69) is 16.8 Å². The van der Waals surface area contributed by atoms with Gasteiger partial charge < -0.3 is 19.5 Å². The molecule has 2 saturated heterocycles. The molecule has 2 aromatic heterocycles. The van der Waals surface area contributed by atoms with Gasteiger partial charge in [0.2, 0.25) is 0 Å². The maximum Gasteiger partial charge on any atom is 0.295 e. The maximum absolute atomic E-state index is 13.5. The van der Waals surface area contributed by atoms with Crippen molar-refractivity contribution in [3.63, 3.8) is 0 Å². The summed E-state index contributed by atoms with van der Waals surface area (Å²) >= 11 is 0. The third-order valence-corrected chi connectivity index (χ3v) is 7.66. The van der Waals surface area contributed by atoms with E-state index in [1.807, 2.05) is 42.5 Å². The molecule has 212 valence electrons. The molecule has 0 spiro atoms. The number of hydrogen-bond acceptors (Lipinski definition) is 7. The topological polar surface area (TPSA) is 96.6 Å². The highest BCUT2D eigenvalue weighted by atomic mass is 16.5. The number of carbonyl (C=O) groups is 2. The van der Waals surface area contributed by atoms with E-state index >= 15 is 0 Å². The van der Waals surface area contributed by atoms with Gasteiger partial charge in [0.1, 0.15) is 17.1 Å². The van der Waals surface area contributed by atoms with Crippen molar-refractivity contribution in [1.82, 2.24) is 19.2 Å². The average Bonchev–Trinajstić information content (AvgIpc) is 3.44. The lowest BCUT2D eigenvalue weighted by Crippen LogP contribution is -2.38. The molecule has 1 aromatic carbocycles. The number of ketones is 1. The molecule has 40 heavy (non-hydrogen) atoms. The molecule has 9 heteroatoms. The summed E-state index contributed by atoms with van der Waals surface area (Å²) in [4.78, 5) is 35.4. The van der Waals surface area contributed by atoms with Crippen LogP contribution in [-0.4, -0.2) is 82.0 Å². The van der Waals surface area contributed by atoms with Gasteiger partial charge in [0.05, 0.1) is 37.1 Å². The van der Waals surface area contributed by atoms with E-state index in [0.717, 1.165) is 50.2 Å². The number of pyridine rings is 1. The average molecular weight is 547 g/mol. The SMILES string of the molecule is CCCCCOc1ccc(C2C(=C(O)c3c(C)nc4ccccn34)C(=O)C(=O)N2CCCN2CCOCC2)cc1. The lowest BCUT2D eigenvalue weighted by molar-refractivity contribution is -0.140. The molecule has 9 nitrogen and oxygen atoms in total. The second-order valence-electron chi connectivity index (χ2n) is 10.4. The van der Waals surface area contributed by atoms with Crippen molar-refractivity contribution in [2.45, 2.75) is 45.6 Å². The first kappa shape index (κ1) is 27.9. The third-order valence-electron chi connectivity index (χ3n) is 7.66. The molecule has 0 bridgehead atoms. The predicted molar refractivity (Wildman–Crippen MR) is 152 cm³/mol. The van der Waals surface area contributed by atoms with Crippen LogP contribution in [-0.2, 0) is 14.3 Å². The van der Waals surface area contributed by atoms with Crippen LogP contribution in [0.25, 0.3) is 11.4 Å². The number of morpholine rings is 1. The fourth-order valence-corrected chi connectivity index (χ4v) is 5.56. The fourth-order valence-electron chi connectivity index (χ4n) is 5.56. The van der Waals surface area contributed by atoms with E-state index in [0.29, 0.717) is 49.8 Å². The number of likely N-dealkylation sites (tertiary alicyclic amines) is 1. The number of unbranched alkanes of at least 4 members (excludes halogenated alkanes) is 2. The molecular formula is C31H38N4O5. The van der Waals surface area contributed by atoms with Gasteiger partial charge in [0.25, 0.3) is 11.7 Å². The molecule has 0 saturated carbocycles. The van der Waals surface area contributed by atoms with Crippen molar-refractivity contribution < 1.29 is 24.2 Å². The van der Waals surface area contributed by atoms with E-state index in [4.69, 9.17) is 9.47 Å². The number of hydrogen-bond donors (Lipinski definition) is 1. The third kappa shape index (κ3) is 5.76. The van der Waals surface area contributed by atoms with Gasteiger partial charge in [0, 0.05) is 32.4 Å². The van der Waals surface area contributed by atoms with Crippen LogP contribution in [0.1, 0.15) is 55.6 Å². The molecule has 1 atom stereocenters. The van der Waals surface area contributed by atoms with Crippen LogP contribution in [0, 0.1) is 6.92 Å². The Kier molecular flexibility index (Phi) is 8.81. The van der Waals surface area contributed by atoms with E-state index in [-0.39, 0.29) is 11.3 Å². The Bertz CT molecular complexity index is 1370. The molecule has 5 rings (SSSR count). The first-order chi connectivity index (χ1) is 19.5. The van der Waals surface area contributed by atoms with Crippen molar-refractivity contribution in [2.24, 2.45) is 0 Å². The zero-order valence-electron chi connectivity index (χ0n) is 23.3. The van der Waals surface area contributed by atoms with Crippen LogP contribution in [0.2, 0.25) is 0 Å². The summed E-state index contributed by atoms with van der Waals surface area (Å²) in [6, 6.07) is 12.3. The second-order valence-corrected chi connectivity index (χ2v) is 10.4. The van der Waals surface area contributed by atoms with Crippen LogP contribution >= 0.6 is 0 Å². The molecule has 0 aliphatic carbocycles. The van der Waals surface area contributed by atoms with Gasteiger partial charge in [-0.1, -0.05) is 38.0 Å². The minimum absolute atomic E-state index is 0.0849. The number of aryl methyl sites for hydroxylation is 1. The van der Waals surface area contributed by atoms with E-state index < -0.39 is 17.7 Å². The second kappa shape index (κ2) is 12.7. The number of imidazole rings is 1. The molecule has 2 aliphatic rings. The van der Waals surface area contributed by atoms with E-state index in [1.54, 1.807) is 22.4 Å². The zero-order valence-corrected chi connectivity index (χ0v) is 23.3. The minimum Gasteiger partial charge on any atom is -0.505 e. The van der Waals surface area contributed by atoms with Gasteiger partial charge >= 0.3 is 0 Å². The molecule has 0 radical (unpaired) electrons. The summed E-state index contributed by atoms with van der Waals surface area (Å²) in [5.74, 6) is -0.754. The predicted octanol–water partition coefficient (Wildman–Crippen LogP) is 4.36. The highest BCUT2D eigenvalue weighted by Gasteiger charge is 2.46. The largest absolute Gasteiger partial charge is 0.505 e. The highest BCUT2D eigenvalue weighted by Crippen LogP contribution is 2.40. The highest BCUT2D eigenvalue weighted by molar-refractivity contribution is 6.46. The number of ether oxygens (including phenoxy) is 2. The quantitative estimate of drug-likeness (QED) is 0.165. The summed E-state index contributed by atoms with van der Waals surface area (Å²) in [5, 5.41) is 11.6. The number of Topliss-reactive ketones (excluding diaryl/α,β-unsaturated/α-hetero) is 1. The first-order valence-corrected chi connectivity index (χ1v) is 14.2. The van der Waals surface area contributed by atoms with Crippen LogP contribution in [0.3, 0.4) is 0 Å². The Morgan fingerprint density at radius 3 is 2.58 bits per heavy atom. The monoisotopic (exact) mass is 546 g/mol. The first-order valence-electron chi connectivity index (χ1n) is 14.2. The number of aliphatic hydroxyl groups is 1. The van der Waals surface area contributed by atoms with E-state index in [1.165, 1.54) is 0 Å². The Morgan fingerprint density at radius 2 is 1.82 bits per heavy atom. The summed E-state index contributed by atoms with van der Waals surface area (Å²) in [7, 11) is 0. The van der Waals surface area contributed by atoms with Crippen molar-refractivity contribution >= 4 is 23.1 Å².